The first-order chi connectivity index (χ1) is 8.10. The SMILES string of the molecule is CN1CCCN(S(=O)(=O)c2ccccc2)CC1.Cl. The van der Waals surface area contributed by atoms with E-state index in [2.05, 4.69) is 4.90 Å². The lowest BCUT2D eigenvalue weighted by molar-refractivity contribution is 0.347. The summed E-state index contributed by atoms with van der Waals surface area (Å²) in [6.45, 7) is 2.95. The van der Waals surface area contributed by atoms with Crippen LogP contribution in [0.25, 0.3) is 0 Å². The Morgan fingerprint density at radius 3 is 2.33 bits per heavy atom. The van der Waals surface area contributed by atoms with Gasteiger partial charge in [0.1, 0.15) is 0 Å². The molecule has 1 fully saturated rings. The van der Waals surface area contributed by atoms with Crippen LogP contribution in [0, 0.1) is 0 Å². The fraction of sp³-hybridized carbons (Fsp3) is 0.500. The number of benzene rings is 1. The Hall–Kier alpha value is -0.620. The summed E-state index contributed by atoms with van der Waals surface area (Å²) in [5, 5.41) is 0. The third-order valence-electron chi connectivity index (χ3n) is 3.06. The van der Waals surface area contributed by atoms with Crippen molar-refractivity contribution in [3.63, 3.8) is 0 Å². The predicted molar refractivity (Wildman–Crippen MR) is 74.6 cm³/mol. The molecule has 4 nitrogen and oxygen atoms in total. The van der Waals surface area contributed by atoms with Crippen molar-refractivity contribution in [2.24, 2.45) is 0 Å². The lowest BCUT2D eigenvalue weighted by Crippen LogP contribution is -2.34. The molecule has 6 heteroatoms. The molecule has 1 aromatic rings. The molecule has 0 aromatic heterocycles. The zero-order valence-corrected chi connectivity index (χ0v) is 12.1. The molecule has 0 saturated carbocycles. The van der Waals surface area contributed by atoms with Gasteiger partial charge >= 0.3 is 0 Å². The van der Waals surface area contributed by atoms with Crippen molar-refractivity contribution in [1.29, 1.82) is 0 Å². The number of rotatable bonds is 2. The van der Waals surface area contributed by atoms with E-state index in [1.807, 2.05) is 13.1 Å². The second-order valence-corrected chi connectivity index (χ2v) is 6.31. The second kappa shape index (κ2) is 6.52. The van der Waals surface area contributed by atoms with Gasteiger partial charge in [-0.15, -0.1) is 12.4 Å². The number of nitrogens with zero attached hydrogens (tertiary/aromatic N) is 2. The van der Waals surface area contributed by atoms with E-state index in [0.29, 0.717) is 18.0 Å². The monoisotopic (exact) mass is 290 g/mol. The van der Waals surface area contributed by atoms with E-state index < -0.39 is 10.0 Å². The summed E-state index contributed by atoms with van der Waals surface area (Å²) < 4.78 is 26.3. The van der Waals surface area contributed by atoms with Crippen LogP contribution < -0.4 is 0 Å². The van der Waals surface area contributed by atoms with Gasteiger partial charge < -0.3 is 4.90 Å². The van der Waals surface area contributed by atoms with Crippen molar-refractivity contribution in [1.82, 2.24) is 9.21 Å². The lowest BCUT2D eigenvalue weighted by atomic mass is 10.4. The first-order valence-electron chi connectivity index (χ1n) is 5.84. The maximum absolute atomic E-state index is 12.4. The van der Waals surface area contributed by atoms with Crippen molar-refractivity contribution < 1.29 is 8.42 Å². The minimum atomic E-state index is -3.30. The van der Waals surface area contributed by atoms with Gasteiger partial charge in [-0.1, -0.05) is 18.2 Å². The van der Waals surface area contributed by atoms with Gasteiger partial charge in [0.2, 0.25) is 10.0 Å². The van der Waals surface area contributed by atoms with E-state index in [9.17, 15) is 8.42 Å². The quantitative estimate of drug-likeness (QED) is 0.827. The molecule has 0 spiro atoms. The smallest absolute Gasteiger partial charge is 0.243 e. The number of sulfonamides is 1. The minimum Gasteiger partial charge on any atom is -0.305 e. The number of halogens is 1. The van der Waals surface area contributed by atoms with Crippen LogP contribution in [0.2, 0.25) is 0 Å². The molecular weight excluding hydrogens is 272 g/mol. The van der Waals surface area contributed by atoms with Crippen LogP contribution in [-0.2, 0) is 10.0 Å². The van der Waals surface area contributed by atoms with Crippen molar-refractivity contribution in [3.05, 3.63) is 30.3 Å². The van der Waals surface area contributed by atoms with Gasteiger partial charge in [-0.25, -0.2) is 8.42 Å². The number of hydrogen-bond acceptors (Lipinski definition) is 3. The van der Waals surface area contributed by atoms with Crippen LogP contribution in [0.5, 0.6) is 0 Å². The van der Waals surface area contributed by atoms with Crippen LogP contribution in [0.15, 0.2) is 35.2 Å². The Kier molecular flexibility index (Phi) is 5.59. The topological polar surface area (TPSA) is 40.6 Å². The van der Waals surface area contributed by atoms with Crippen LogP contribution in [0.1, 0.15) is 6.42 Å². The molecule has 2 rings (SSSR count). The van der Waals surface area contributed by atoms with E-state index in [-0.39, 0.29) is 12.4 Å². The molecule has 0 atom stereocenters. The fourth-order valence-corrected chi connectivity index (χ4v) is 3.50. The zero-order chi connectivity index (χ0) is 12.3. The highest BCUT2D eigenvalue weighted by Crippen LogP contribution is 2.16. The molecule has 0 aliphatic carbocycles. The molecule has 1 heterocycles. The van der Waals surface area contributed by atoms with E-state index in [4.69, 9.17) is 0 Å². The average Bonchev–Trinajstić information content (AvgIpc) is 2.55. The van der Waals surface area contributed by atoms with Crippen molar-refractivity contribution in [2.75, 3.05) is 33.2 Å². The minimum absolute atomic E-state index is 0. The molecule has 0 bridgehead atoms. The van der Waals surface area contributed by atoms with Gasteiger partial charge in [0.15, 0.2) is 0 Å². The predicted octanol–water partition coefficient (Wildman–Crippen LogP) is 1.43. The molecule has 1 saturated heterocycles. The number of likely N-dealkylation sites (N-methyl/N-ethyl adjacent to an activating group) is 1. The van der Waals surface area contributed by atoms with Crippen molar-refractivity contribution in [3.8, 4) is 0 Å². The first-order valence-corrected chi connectivity index (χ1v) is 7.28. The maximum Gasteiger partial charge on any atom is 0.243 e. The highest BCUT2D eigenvalue weighted by molar-refractivity contribution is 7.89. The van der Waals surface area contributed by atoms with Crippen LogP contribution in [-0.4, -0.2) is 50.8 Å². The van der Waals surface area contributed by atoms with Crippen molar-refractivity contribution in [2.45, 2.75) is 11.3 Å². The highest BCUT2D eigenvalue weighted by Gasteiger charge is 2.25. The summed E-state index contributed by atoms with van der Waals surface area (Å²) >= 11 is 0. The Balaban J connectivity index is 0.00000162. The Morgan fingerprint density at radius 1 is 1.00 bits per heavy atom. The van der Waals surface area contributed by atoms with Crippen LogP contribution >= 0.6 is 12.4 Å². The van der Waals surface area contributed by atoms with Gasteiger partial charge in [-0.3, -0.25) is 0 Å². The average molecular weight is 291 g/mol. The summed E-state index contributed by atoms with van der Waals surface area (Å²) in [5.74, 6) is 0. The first kappa shape index (κ1) is 15.4. The molecule has 0 unspecified atom stereocenters. The molecule has 0 N–H and O–H groups in total. The lowest BCUT2D eigenvalue weighted by Gasteiger charge is -2.20. The largest absolute Gasteiger partial charge is 0.305 e. The summed E-state index contributed by atoms with van der Waals surface area (Å²) in [4.78, 5) is 2.56. The maximum atomic E-state index is 12.4. The normalized spacial score (nSPS) is 18.9. The summed E-state index contributed by atoms with van der Waals surface area (Å²) in [5.41, 5.74) is 0. The van der Waals surface area contributed by atoms with E-state index >= 15 is 0 Å². The highest BCUT2D eigenvalue weighted by atomic mass is 35.5. The Labute approximate surface area is 115 Å². The molecule has 1 aliphatic rings. The molecule has 0 amide bonds. The van der Waals surface area contributed by atoms with E-state index in [0.717, 1.165) is 19.5 Å². The molecular formula is C12H19ClN2O2S. The van der Waals surface area contributed by atoms with Gasteiger partial charge in [0, 0.05) is 19.6 Å². The van der Waals surface area contributed by atoms with E-state index in [1.54, 1.807) is 28.6 Å². The fourth-order valence-electron chi connectivity index (χ4n) is 2.00. The van der Waals surface area contributed by atoms with Crippen LogP contribution in [0.4, 0.5) is 0 Å². The molecule has 1 aliphatic heterocycles. The number of hydrogen-bond donors (Lipinski definition) is 0. The Bertz CT molecular complexity index is 464. The van der Waals surface area contributed by atoms with Crippen LogP contribution in [0.3, 0.4) is 0 Å². The Morgan fingerprint density at radius 2 is 1.67 bits per heavy atom. The van der Waals surface area contributed by atoms with Gasteiger partial charge in [0.25, 0.3) is 0 Å². The van der Waals surface area contributed by atoms with Gasteiger partial charge in [-0.05, 0) is 32.1 Å². The third-order valence-corrected chi connectivity index (χ3v) is 4.97. The summed E-state index contributed by atoms with van der Waals surface area (Å²) in [7, 11) is -1.28. The molecule has 102 valence electrons. The van der Waals surface area contributed by atoms with Gasteiger partial charge in [0.05, 0.1) is 4.90 Å². The molecule has 18 heavy (non-hydrogen) atoms. The molecule has 1 aromatic carbocycles. The third kappa shape index (κ3) is 3.45. The summed E-state index contributed by atoms with van der Waals surface area (Å²) in [6.07, 6.45) is 0.891. The van der Waals surface area contributed by atoms with Crippen molar-refractivity contribution >= 4 is 22.4 Å². The molecule has 0 radical (unpaired) electrons. The van der Waals surface area contributed by atoms with Gasteiger partial charge in [-0.2, -0.15) is 4.31 Å². The standard InChI is InChI=1S/C12H18N2O2S.ClH/c1-13-8-5-9-14(11-10-13)17(15,16)12-6-3-2-4-7-12;/h2-4,6-7H,5,8-11H2,1H3;1H. The zero-order valence-electron chi connectivity index (χ0n) is 10.4. The summed E-state index contributed by atoms with van der Waals surface area (Å²) in [6, 6.07) is 8.66. The van der Waals surface area contributed by atoms with E-state index in [1.165, 1.54) is 0 Å². The second-order valence-electron chi connectivity index (χ2n) is 4.37.